The molecule has 1 amide bonds. The van der Waals surface area contributed by atoms with Gasteiger partial charge in [0.15, 0.2) is 0 Å². The van der Waals surface area contributed by atoms with Crippen molar-refractivity contribution in [2.45, 2.75) is 31.8 Å². The number of β-amino-alcohol motifs (C(OH)–C–C–N with tert-alkyl or cyclic N) is 1. The molecule has 0 bridgehead atoms. The van der Waals surface area contributed by atoms with E-state index in [0.717, 1.165) is 12.8 Å². The number of nitrogens with zero attached hydrogens (tertiary/aromatic N) is 3. The summed E-state index contributed by atoms with van der Waals surface area (Å²) in [6.45, 7) is 2.74. The van der Waals surface area contributed by atoms with E-state index in [9.17, 15) is 9.90 Å². The number of aliphatic hydroxyl groups is 1. The van der Waals surface area contributed by atoms with Gasteiger partial charge in [-0.05, 0) is 12.5 Å². The van der Waals surface area contributed by atoms with Gasteiger partial charge in [0.1, 0.15) is 17.1 Å². The fraction of sp³-hybridized carbons (Fsp3) is 0.500. The summed E-state index contributed by atoms with van der Waals surface area (Å²) in [6, 6.07) is 1.70. The molecule has 1 atom stereocenters. The Balaban J connectivity index is 1.77. The van der Waals surface area contributed by atoms with E-state index >= 15 is 0 Å². The summed E-state index contributed by atoms with van der Waals surface area (Å²) in [4.78, 5) is 14.2. The van der Waals surface area contributed by atoms with Crippen molar-refractivity contribution >= 4 is 5.91 Å². The molecule has 2 N–H and O–H groups in total. The molecule has 0 aliphatic carbocycles. The number of carbonyl (C=O) groups is 1. The highest BCUT2D eigenvalue weighted by atomic mass is 16.3. The molecule has 0 radical (unpaired) electrons. The first-order chi connectivity index (χ1) is 10.1. The van der Waals surface area contributed by atoms with Crippen LogP contribution in [0.2, 0.25) is 0 Å². The van der Waals surface area contributed by atoms with Gasteiger partial charge in [0, 0.05) is 19.4 Å². The van der Waals surface area contributed by atoms with E-state index in [0.29, 0.717) is 30.0 Å². The number of aromatic amines is 1. The second-order valence-corrected chi connectivity index (χ2v) is 5.37. The minimum Gasteiger partial charge on any atom is -0.469 e. The second kappa shape index (κ2) is 5.33. The molecule has 21 heavy (non-hydrogen) atoms. The van der Waals surface area contributed by atoms with Crippen LogP contribution in [-0.4, -0.2) is 44.4 Å². The van der Waals surface area contributed by atoms with Gasteiger partial charge in [0.2, 0.25) is 0 Å². The normalized spacial score (nSPS) is 21.9. The number of hydrogen-bond acceptors (Lipinski definition) is 5. The van der Waals surface area contributed by atoms with Crippen molar-refractivity contribution in [3.05, 3.63) is 35.5 Å². The van der Waals surface area contributed by atoms with Crippen LogP contribution in [0, 0.1) is 0 Å². The Morgan fingerprint density at radius 3 is 3.19 bits per heavy atom. The van der Waals surface area contributed by atoms with Crippen LogP contribution in [0.3, 0.4) is 0 Å². The number of carbonyl (C=O) groups excluding carboxylic acids is 1. The summed E-state index contributed by atoms with van der Waals surface area (Å²) in [7, 11) is 0. The van der Waals surface area contributed by atoms with Gasteiger partial charge in [-0.15, -0.1) is 0 Å². The van der Waals surface area contributed by atoms with E-state index in [-0.39, 0.29) is 12.5 Å². The molecule has 1 unspecified atom stereocenters. The van der Waals surface area contributed by atoms with Crippen molar-refractivity contribution in [2.75, 3.05) is 13.1 Å². The maximum Gasteiger partial charge on any atom is 0.257 e. The van der Waals surface area contributed by atoms with E-state index in [1.54, 1.807) is 11.0 Å². The van der Waals surface area contributed by atoms with Gasteiger partial charge in [-0.25, -0.2) is 0 Å². The number of aromatic nitrogens is 3. The van der Waals surface area contributed by atoms with Crippen LogP contribution in [0.1, 0.15) is 41.6 Å². The molecular weight excluding hydrogens is 272 g/mol. The first-order valence-electron chi connectivity index (χ1n) is 7.08. The molecule has 0 aromatic carbocycles. The number of rotatable bonds is 4. The molecule has 7 nitrogen and oxygen atoms in total. The number of H-pyrrole nitrogens is 1. The van der Waals surface area contributed by atoms with Crippen molar-refractivity contribution in [1.82, 2.24) is 20.3 Å². The molecule has 3 rings (SSSR count). The van der Waals surface area contributed by atoms with Crippen molar-refractivity contribution in [1.29, 1.82) is 0 Å². The quantitative estimate of drug-likeness (QED) is 0.878. The Kier molecular flexibility index (Phi) is 3.50. The molecule has 1 aliphatic heterocycles. The summed E-state index contributed by atoms with van der Waals surface area (Å²) in [5, 5.41) is 20.7. The molecule has 1 fully saturated rings. The van der Waals surface area contributed by atoms with Crippen LogP contribution in [0.25, 0.3) is 0 Å². The van der Waals surface area contributed by atoms with Crippen LogP contribution >= 0.6 is 0 Å². The lowest BCUT2D eigenvalue weighted by Crippen LogP contribution is -2.34. The first-order valence-corrected chi connectivity index (χ1v) is 7.08. The largest absolute Gasteiger partial charge is 0.469 e. The second-order valence-electron chi connectivity index (χ2n) is 5.37. The molecule has 2 aromatic rings. The Bertz CT molecular complexity index is 622. The fourth-order valence-electron chi connectivity index (χ4n) is 2.72. The first kappa shape index (κ1) is 13.8. The van der Waals surface area contributed by atoms with Gasteiger partial charge >= 0.3 is 0 Å². The Morgan fingerprint density at radius 2 is 2.48 bits per heavy atom. The van der Waals surface area contributed by atoms with Crippen molar-refractivity contribution < 1.29 is 14.3 Å². The number of likely N-dealkylation sites (tertiary alicyclic amines) is 1. The van der Waals surface area contributed by atoms with E-state index in [1.807, 2.05) is 6.92 Å². The molecule has 1 saturated heterocycles. The summed E-state index contributed by atoms with van der Waals surface area (Å²) in [5.41, 5.74) is -0.0721. The van der Waals surface area contributed by atoms with Crippen LogP contribution in [0.15, 0.2) is 22.9 Å². The summed E-state index contributed by atoms with van der Waals surface area (Å²) < 4.78 is 5.37. The Labute approximate surface area is 121 Å². The number of nitrogens with one attached hydrogen (secondary N) is 1. The molecule has 0 spiro atoms. The van der Waals surface area contributed by atoms with Gasteiger partial charge in [0.25, 0.3) is 5.91 Å². The van der Waals surface area contributed by atoms with Crippen molar-refractivity contribution in [3.63, 3.8) is 0 Å². The maximum atomic E-state index is 12.6. The monoisotopic (exact) mass is 290 g/mol. The Hall–Kier alpha value is -2.15. The standard InChI is InChI=1S/C14H18N4O3/c1-2-3-11-10(4-7-21-11)13(19)18-6-5-14(20,9-18)12-8-15-17-16-12/h4,7-8,20H,2-3,5-6,9H2,1H3,(H,15,16,17). The van der Waals surface area contributed by atoms with Crippen LogP contribution in [0.4, 0.5) is 0 Å². The van der Waals surface area contributed by atoms with Crippen LogP contribution in [0.5, 0.6) is 0 Å². The minimum atomic E-state index is -1.13. The number of hydrogen-bond donors (Lipinski definition) is 2. The van der Waals surface area contributed by atoms with Crippen LogP contribution in [-0.2, 0) is 12.0 Å². The number of amides is 1. The SMILES string of the molecule is CCCc1occc1C(=O)N1CCC(O)(c2cn[nH]n2)C1. The van der Waals surface area contributed by atoms with E-state index in [4.69, 9.17) is 4.42 Å². The van der Waals surface area contributed by atoms with E-state index in [2.05, 4.69) is 15.4 Å². The van der Waals surface area contributed by atoms with E-state index in [1.165, 1.54) is 12.5 Å². The van der Waals surface area contributed by atoms with Gasteiger partial charge < -0.3 is 14.4 Å². The lowest BCUT2D eigenvalue weighted by atomic mass is 10.00. The summed E-state index contributed by atoms with van der Waals surface area (Å²) >= 11 is 0. The van der Waals surface area contributed by atoms with Crippen LogP contribution < -0.4 is 0 Å². The predicted octanol–water partition coefficient (Wildman–Crippen LogP) is 1.08. The molecule has 7 heteroatoms. The van der Waals surface area contributed by atoms with Gasteiger partial charge in [-0.2, -0.15) is 15.4 Å². The number of furan rings is 1. The zero-order chi connectivity index (χ0) is 14.9. The summed E-state index contributed by atoms with van der Waals surface area (Å²) in [6.07, 6.45) is 5.13. The zero-order valence-electron chi connectivity index (χ0n) is 11.9. The third-order valence-corrected chi connectivity index (χ3v) is 3.88. The lowest BCUT2D eigenvalue weighted by molar-refractivity contribution is 0.0381. The van der Waals surface area contributed by atoms with Crippen molar-refractivity contribution in [3.8, 4) is 0 Å². The fourth-order valence-corrected chi connectivity index (χ4v) is 2.72. The molecule has 3 heterocycles. The predicted molar refractivity (Wildman–Crippen MR) is 73.5 cm³/mol. The molecular formula is C14H18N4O3. The smallest absolute Gasteiger partial charge is 0.257 e. The topological polar surface area (TPSA) is 95.3 Å². The average Bonchev–Trinajstić information content (AvgIpc) is 3.18. The Morgan fingerprint density at radius 1 is 1.62 bits per heavy atom. The highest BCUT2D eigenvalue weighted by Crippen LogP contribution is 2.31. The lowest BCUT2D eigenvalue weighted by Gasteiger charge is -2.21. The molecule has 112 valence electrons. The molecule has 1 aliphatic rings. The third kappa shape index (κ3) is 2.44. The third-order valence-electron chi connectivity index (χ3n) is 3.88. The van der Waals surface area contributed by atoms with Gasteiger partial charge in [0.05, 0.1) is 24.6 Å². The minimum absolute atomic E-state index is 0.105. The van der Waals surface area contributed by atoms with Gasteiger partial charge in [-0.1, -0.05) is 6.92 Å². The number of aryl methyl sites for hydroxylation is 1. The average molecular weight is 290 g/mol. The van der Waals surface area contributed by atoms with Crippen molar-refractivity contribution in [2.24, 2.45) is 0 Å². The highest BCUT2D eigenvalue weighted by molar-refractivity contribution is 5.95. The zero-order valence-corrected chi connectivity index (χ0v) is 11.9. The maximum absolute atomic E-state index is 12.6. The summed E-state index contributed by atoms with van der Waals surface area (Å²) in [5.74, 6) is 0.603. The van der Waals surface area contributed by atoms with E-state index < -0.39 is 5.60 Å². The molecule has 2 aromatic heterocycles. The van der Waals surface area contributed by atoms with Gasteiger partial charge in [-0.3, -0.25) is 4.79 Å². The molecule has 0 saturated carbocycles. The highest BCUT2D eigenvalue weighted by Gasteiger charge is 2.42.